The van der Waals surface area contributed by atoms with Gasteiger partial charge in [-0.15, -0.1) is 0 Å². The van der Waals surface area contributed by atoms with Gasteiger partial charge in [0.1, 0.15) is 0 Å². The molecule has 2 aromatic heterocycles. The van der Waals surface area contributed by atoms with Crippen molar-refractivity contribution in [3.05, 3.63) is 60.4 Å². The number of rotatable bonds is 3. The molecule has 3 heteroatoms. The van der Waals surface area contributed by atoms with Gasteiger partial charge in [-0.25, -0.2) is 0 Å². The van der Waals surface area contributed by atoms with E-state index in [1.807, 2.05) is 23.1 Å². The van der Waals surface area contributed by atoms with Gasteiger partial charge in [-0.3, -0.25) is 9.67 Å². The van der Waals surface area contributed by atoms with Gasteiger partial charge in [-0.2, -0.15) is 5.10 Å². The van der Waals surface area contributed by atoms with E-state index in [0.29, 0.717) is 6.04 Å². The highest BCUT2D eigenvalue weighted by molar-refractivity contribution is 5.70. The molecule has 0 aliphatic carbocycles. The van der Waals surface area contributed by atoms with E-state index in [2.05, 4.69) is 67.3 Å². The van der Waals surface area contributed by atoms with Gasteiger partial charge in [0.05, 0.1) is 11.4 Å². The van der Waals surface area contributed by atoms with Crippen molar-refractivity contribution in [3.63, 3.8) is 0 Å². The van der Waals surface area contributed by atoms with Crippen LogP contribution in [-0.2, 0) is 0 Å². The van der Waals surface area contributed by atoms with Crippen LogP contribution in [0.1, 0.15) is 25.5 Å². The van der Waals surface area contributed by atoms with Gasteiger partial charge in [-0.05, 0) is 44.5 Å². The van der Waals surface area contributed by atoms with Crippen molar-refractivity contribution in [1.82, 2.24) is 14.8 Å². The van der Waals surface area contributed by atoms with Crippen molar-refractivity contribution in [1.29, 1.82) is 0 Å². The van der Waals surface area contributed by atoms with E-state index in [0.717, 1.165) is 22.5 Å². The average molecular weight is 277 g/mol. The second-order valence-corrected chi connectivity index (χ2v) is 5.52. The molecule has 0 aliphatic heterocycles. The number of hydrogen-bond donors (Lipinski definition) is 0. The minimum absolute atomic E-state index is 0.375. The average Bonchev–Trinajstić information content (AvgIpc) is 2.98. The number of aryl methyl sites for hydroxylation is 1. The van der Waals surface area contributed by atoms with Crippen molar-refractivity contribution >= 4 is 0 Å². The summed E-state index contributed by atoms with van der Waals surface area (Å²) in [5.74, 6) is 0. The first kappa shape index (κ1) is 13.6. The number of benzene rings is 1. The summed E-state index contributed by atoms with van der Waals surface area (Å²) in [5.41, 5.74) is 5.46. The molecule has 0 fully saturated rings. The minimum atomic E-state index is 0.375. The smallest absolute Gasteiger partial charge is 0.0923 e. The molecule has 0 saturated carbocycles. The summed E-state index contributed by atoms with van der Waals surface area (Å²) in [4.78, 5) is 4.49. The Balaban J connectivity index is 2.02. The van der Waals surface area contributed by atoms with E-state index in [9.17, 15) is 0 Å². The van der Waals surface area contributed by atoms with E-state index in [-0.39, 0.29) is 0 Å². The molecule has 1 aromatic carbocycles. The zero-order valence-corrected chi connectivity index (χ0v) is 12.6. The lowest BCUT2D eigenvalue weighted by Gasteiger charge is -2.07. The highest BCUT2D eigenvalue weighted by Gasteiger charge is 2.08. The van der Waals surface area contributed by atoms with Crippen LogP contribution in [0.2, 0.25) is 0 Å². The second-order valence-electron chi connectivity index (χ2n) is 5.52. The van der Waals surface area contributed by atoms with Gasteiger partial charge in [0.2, 0.25) is 0 Å². The van der Waals surface area contributed by atoms with Crippen LogP contribution in [0.25, 0.3) is 22.5 Å². The fraction of sp³-hybridized carbons (Fsp3) is 0.222. The van der Waals surface area contributed by atoms with Crippen LogP contribution in [0.3, 0.4) is 0 Å². The van der Waals surface area contributed by atoms with Crippen LogP contribution < -0.4 is 0 Å². The van der Waals surface area contributed by atoms with E-state index in [1.165, 1.54) is 5.56 Å². The third kappa shape index (κ3) is 2.72. The normalized spacial score (nSPS) is 11.0. The summed E-state index contributed by atoms with van der Waals surface area (Å²) in [7, 11) is 0. The molecule has 2 heterocycles. The minimum Gasteiger partial charge on any atom is -0.270 e. The van der Waals surface area contributed by atoms with Crippen molar-refractivity contribution in [2.75, 3.05) is 0 Å². The molecule has 0 radical (unpaired) electrons. The Morgan fingerprint density at radius 2 is 1.81 bits per heavy atom. The summed E-state index contributed by atoms with van der Waals surface area (Å²) in [6, 6.07) is 14.9. The van der Waals surface area contributed by atoms with E-state index in [1.54, 1.807) is 0 Å². The molecule has 0 amide bonds. The predicted octanol–water partition coefficient (Wildman–Crippen LogP) is 4.50. The van der Waals surface area contributed by atoms with Gasteiger partial charge in [0.25, 0.3) is 0 Å². The van der Waals surface area contributed by atoms with Gasteiger partial charge in [0, 0.05) is 29.6 Å². The summed E-state index contributed by atoms with van der Waals surface area (Å²) in [5, 5.41) is 4.63. The number of hydrogen-bond acceptors (Lipinski definition) is 2. The third-order valence-electron chi connectivity index (χ3n) is 3.58. The Morgan fingerprint density at radius 1 is 1.00 bits per heavy atom. The van der Waals surface area contributed by atoms with Crippen LogP contribution in [-0.4, -0.2) is 14.8 Å². The molecule has 0 saturated heterocycles. The molecule has 21 heavy (non-hydrogen) atoms. The molecule has 3 nitrogen and oxygen atoms in total. The Bertz CT molecular complexity index is 756. The van der Waals surface area contributed by atoms with Gasteiger partial charge in [0.15, 0.2) is 0 Å². The second kappa shape index (κ2) is 5.52. The van der Waals surface area contributed by atoms with Crippen molar-refractivity contribution in [2.24, 2.45) is 0 Å². The number of pyridine rings is 1. The quantitative estimate of drug-likeness (QED) is 0.705. The topological polar surface area (TPSA) is 30.7 Å². The Morgan fingerprint density at radius 3 is 2.52 bits per heavy atom. The molecule has 0 atom stereocenters. The maximum Gasteiger partial charge on any atom is 0.0923 e. The fourth-order valence-corrected chi connectivity index (χ4v) is 2.39. The van der Waals surface area contributed by atoms with Crippen LogP contribution >= 0.6 is 0 Å². The highest BCUT2D eigenvalue weighted by Crippen LogP contribution is 2.26. The van der Waals surface area contributed by atoms with Crippen LogP contribution in [0, 0.1) is 6.92 Å². The highest BCUT2D eigenvalue weighted by atomic mass is 15.3. The molecule has 0 unspecified atom stereocenters. The zero-order chi connectivity index (χ0) is 14.8. The number of nitrogens with zero attached hydrogens (tertiary/aromatic N) is 3. The van der Waals surface area contributed by atoms with Crippen LogP contribution in [0.15, 0.2) is 54.9 Å². The van der Waals surface area contributed by atoms with Gasteiger partial charge < -0.3 is 0 Å². The van der Waals surface area contributed by atoms with Crippen molar-refractivity contribution in [2.45, 2.75) is 26.8 Å². The van der Waals surface area contributed by atoms with E-state index in [4.69, 9.17) is 0 Å². The first-order valence-corrected chi connectivity index (χ1v) is 7.23. The third-order valence-corrected chi connectivity index (χ3v) is 3.58. The lowest BCUT2D eigenvalue weighted by Crippen LogP contribution is -2.00. The first-order valence-electron chi connectivity index (χ1n) is 7.23. The Labute approximate surface area is 125 Å². The molecule has 106 valence electrons. The molecule has 3 aromatic rings. The van der Waals surface area contributed by atoms with Gasteiger partial charge >= 0.3 is 0 Å². The lowest BCUT2D eigenvalue weighted by atomic mass is 10.0. The Kier molecular flexibility index (Phi) is 3.57. The predicted molar refractivity (Wildman–Crippen MR) is 86.0 cm³/mol. The summed E-state index contributed by atoms with van der Waals surface area (Å²) in [6.07, 6.45) is 3.86. The maximum atomic E-state index is 4.63. The molecular weight excluding hydrogens is 258 g/mol. The van der Waals surface area contributed by atoms with Crippen molar-refractivity contribution in [3.8, 4) is 22.5 Å². The molecular formula is C18H19N3. The molecule has 0 N–H and O–H groups in total. The summed E-state index contributed by atoms with van der Waals surface area (Å²) < 4.78 is 1.98. The zero-order valence-electron chi connectivity index (χ0n) is 12.6. The summed E-state index contributed by atoms with van der Waals surface area (Å²) >= 11 is 0. The van der Waals surface area contributed by atoms with Crippen LogP contribution in [0.5, 0.6) is 0 Å². The van der Waals surface area contributed by atoms with Crippen LogP contribution in [0.4, 0.5) is 0 Å². The standard InChI is InChI=1S/C18H19N3/c1-13(2)21-11-9-17(20-21)15-7-4-8-16(12-15)18-14(3)6-5-10-19-18/h4-13H,1-3H3. The largest absolute Gasteiger partial charge is 0.270 e. The lowest BCUT2D eigenvalue weighted by molar-refractivity contribution is 0.534. The molecule has 0 bridgehead atoms. The molecule has 0 aliphatic rings. The molecule has 0 spiro atoms. The summed E-state index contributed by atoms with van der Waals surface area (Å²) in [6.45, 7) is 6.34. The fourth-order valence-electron chi connectivity index (χ4n) is 2.39. The number of aromatic nitrogens is 3. The first-order chi connectivity index (χ1) is 10.1. The molecule has 3 rings (SSSR count). The monoisotopic (exact) mass is 277 g/mol. The van der Waals surface area contributed by atoms with Gasteiger partial charge in [-0.1, -0.05) is 24.3 Å². The SMILES string of the molecule is Cc1cccnc1-c1cccc(-c2ccn(C(C)C)n2)c1. The Hall–Kier alpha value is -2.42. The maximum absolute atomic E-state index is 4.63. The van der Waals surface area contributed by atoms with E-state index < -0.39 is 0 Å². The van der Waals surface area contributed by atoms with Crippen molar-refractivity contribution < 1.29 is 0 Å². The van der Waals surface area contributed by atoms with E-state index >= 15 is 0 Å².